The first kappa shape index (κ1) is 20.0. The fraction of sp³-hybridized carbons (Fsp3) is 0.278. The fourth-order valence-electron chi connectivity index (χ4n) is 2.34. The van der Waals surface area contributed by atoms with Crippen LogP contribution in [-0.2, 0) is 11.2 Å². The van der Waals surface area contributed by atoms with Gasteiger partial charge in [-0.15, -0.1) is 12.4 Å². The standard InChI is InChI=1S/C18H21NO4.ClH/c1-12(20)23-16-9-8-14(11-17(16)22-2)18(19)15(21)10-13-6-4-3-5-7-13;/h3-9,11,15,18,21H,10,19H2,1-2H3;1H/t15-,18+;/m1./s1. The molecule has 0 heterocycles. The van der Waals surface area contributed by atoms with Gasteiger partial charge >= 0.3 is 5.97 Å². The van der Waals surface area contributed by atoms with Gasteiger partial charge in [-0.05, 0) is 23.3 Å². The van der Waals surface area contributed by atoms with Gasteiger partial charge in [0.1, 0.15) is 0 Å². The second-order valence-electron chi connectivity index (χ2n) is 5.29. The predicted octanol–water partition coefficient (Wildman–Crippen LogP) is 2.65. The molecule has 0 fully saturated rings. The third-order valence-electron chi connectivity index (χ3n) is 3.53. The van der Waals surface area contributed by atoms with Crippen molar-refractivity contribution < 1.29 is 19.4 Å². The number of hydrogen-bond acceptors (Lipinski definition) is 5. The summed E-state index contributed by atoms with van der Waals surface area (Å²) in [5.41, 5.74) is 7.87. The maximum absolute atomic E-state index is 11.1. The maximum atomic E-state index is 11.1. The first-order chi connectivity index (χ1) is 11.0. The molecular weight excluding hydrogens is 330 g/mol. The Bertz CT molecular complexity index is 663. The van der Waals surface area contributed by atoms with E-state index in [-0.39, 0.29) is 12.4 Å². The SMILES string of the molecule is COc1cc([C@H](N)[C@H](O)Cc2ccccc2)ccc1OC(C)=O.Cl. The van der Waals surface area contributed by atoms with Crippen molar-refractivity contribution in [3.05, 3.63) is 59.7 Å². The number of rotatable bonds is 6. The van der Waals surface area contributed by atoms with Crippen LogP contribution in [0, 0.1) is 0 Å². The van der Waals surface area contributed by atoms with Gasteiger partial charge in [-0.25, -0.2) is 0 Å². The Labute approximate surface area is 147 Å². The lowest BCUT2D eigenvalue weighted by molar-refractivity contribution is -0.132. The molecule has 130 valence electrons. The minimum absolute atomic E-state index is 0. The molecule has 2 atom stereocenters. The van der Waals surface area contributed by atoms with Crippen molar-refractivity contribution in [1.29, 1.82) is 0 Å². The topological polar surface area (TPSA) is 81.8 Å². The van der Waals surface area contributed by atoms with E-state index < -0.39 is 18.1 Å². The molecule has 0 saturated carbocycles. The summed E-state index contributed by atoms with van der Waals surface area (Å²) in [7, 11) is 1.48. The molecule has 0 saturated heterocycles. The number of carbonyl (C=O) groups is 1. The van der Waals surface area contributed by atoms with E-state index in [1.54, 1.807) is 18.2 Å². The molecule has 2 rings (SSSR count). The highest BCUT2D eigenvalue weighted by Gasteiger charge is 2.19. The molecule has 3 N–H and O–H groups in total. The predicted molar refractivity (Wildman–Crippen MR) is 94.6 cm³/mol. The summed E-state index contributed by atoms with van der Waals surface area (Å²) in [5.74, 6) is 0.304. The van der Waals surface area contributed by atoms with Crippen molar-refractivity contribution in [1.82, 2.24) is 0 Å². The molecule has 6 heteroatoms. The third-order valence-corrected chi connectivity index (χ3v) is 3.53. The molecule has 0 spiro atoms. The van der Waals surface area contributed by atoms with Crippen molar-refractivity contribution in [3.63, 3.8) is 0 Å². The number of benzene rings is 2. The molecule has 24 heavy (non-hydrogen) atoms. The van der Waals surface area contributed by atoms with Gasteiger partial charge in [-0.1, -0.05) is 36.4 Å². The lowest BCUT2D eigenvalue weighted by atomic mass is 9.96. The van der Waals surface area contributed by atoms with Gasteiger partial charge in [0.25, 0.3) is 0 Å². The summed E-state index contributed by atoms with van der Waals surface area (Å²) < 4.78 is 10.3. The first-order valence-electron chi connectivity index (χ1n) is 7.35. The van der Waals surface area contributed by atoms with Crippen LogP contribution in [0.3, 0.4) is 0 Å². The number of ether oxygens (including phenoxy) is 2. The molecule has 2 aromatic carbocycles. The minimum Gasteiger partial charge on any atom is -0.493 e. The molecule has 2 aromatic rings. The highest BCUT2D eigenvalue weighted by atomic mass is 35.5. The molecule has 0 unspecified atom stereocenters. The molecule has 0 aliphatic carbocycles. The van der Waals surface area contributed by atoms with E-state index >= 15 is 0 Å². The van der Waals surface area contributed by atoms with Crippen LogP contribution >= 0.6 is 12.4 Å². The summed E-state index contributed by atoms with van der Waals surface area (Å²) >= 11 is 0. The zero-order chi connectivity index (χ0) is 16.8. The van der Waals surface area contributed by atoms with Crippen molar-refractivity contribution in [2.24, 2.45) is 5.73 Å². The van der Waals surface area contributed by atoms with Gasteiger partial charge in [-0.2, -0.15) is 0 Å². The fourth-order valence-corrected chi connectivity index (χ4v) is 2.34. The number of methoxy groups -OCH3 is 1. The smallest absolute Gasteiger partial charge is 0.308 e. The summed E-state index contributed by atoms with van der Waals surface area (Å²) in [6.07, 6.45) is -0.280. The maximum Gasteiger partial charge on any atom is 0.308 e. The van der Waals surface area contributed by atoms with Crippen LogP contribution < -0.4 is 15.2 Å². The Kier molecular flexibility index (Phi) is 7.71. The van der Waals surface area contributed by atoms with E-state index in [0.29, 0.717) is 23.5 Å². The van der Waals surface area contributed by atoms with Crippen molar-refractivity contribution in [2.75, 3.05) is 7.11 Å². The molecule has 0 radical (unpaired) electrons. The number of hydrogen-bond donors (Lipinski definition) is 2. The number of aliphatic hydroxyl groups excluding tert-OH is 1. The van der Waals surface area contributed by atoms with Gasteiger partial charge in [0.2, 0.25) is 0 Å². The van der Waals surface area contributed by atoms with E-state index in [0.717, 1.165) is 5.56 Å². The van der Waals surface area contributed by atoms with Gasteiger partial charge in [0.05, 0.1) is 19.3 Å². The Morgan fingerprint density at radius 2 is 1.83 bits per heavy atom. The molecule has 0 amide bonds. The van der Waals surface area contributed by atoms with E-state index in [2.05, 4.69) is 0 Å². The average Bonchev–Trinajstić information content (AvgIpc) is 2.55. The second-order valence-corrected chi connectivity index (χ2v) is 5.29. The number of esters is 1. The molecular formula is C18H22ClNO4. The van der Waals surface area contributed by atoms with E-state index in [4.69, 9.17) is 15.2 Å². The zero-order valence-electron chi connectivity index (χ0n) is 13.6. The molecule has 0 bridgehead atoms. The number of aliphatic hydroxyl groups is 1. The van der Waals surface area contributed by atoms with Crippen LogP contribution in [0.5, 0.6) is 11.5 Å². The summed E-state index contributed by atoms with van der Waals surface area (Å²) in [6.45, 7) is 1.32. The van der Waals surface area contributed by atoms with Crippen LogP contribution in [0.25, 0.3) is 0 Å². The number of nitrogens with two attached hydrogens (primary N) is 1. The minimum atomic E-state index is -0.735. The van der Waals surface area contributed by atoms with Gasteiger partial charge < -0.3 is 20.3 Å². The first-order valence-corrected chi connectivity index (χ1v) is 7.35. The Morgan fingerprint density at radius 3 is 2.42 bits per heavy atom. The van der Waals surface area contributed by atoms with Gasteiger partial charge in [0, 0.05) is 13.3 Å². The average molecular weight is 352 g/mol. The zero-order valence-corrected chi connectivity index (χ0v) is 14.5. The lowest BCUT2D eigenvalue weighted by Gasteiger charge is -2.20. The highest BCUT2D eigenvalue weighted by molar-refractivity contribution is 5.85. The quantitative estimate of drug-likeness (QED) is 0.617. The summed E-state index contributed by atoms with van der Waals surface area (Å²) in [4.78, 5) is 11.1. The summed E-state index contributed by atoms with van der Waals surface area (Å²) in [5, 5.41) is 10.4. The normalized spacial score (nSPS) is 12.7. The van der Waals surface area contributed by atoms with Crippen molar-refractivity contribution >= 4 is 18.4 Å². The Morgan fingerprint density at radius 1 is 1.17 bits per heavy atom. The largest absolute Gasteiger partial charge is 0.493 e. The number of carbonyl (C=O) groups excluding carboxylic acids is 1. The van der Waals surface area contributed by atoms with Crippen LogP contribution in [0.2, 0.25) is 0 Å². The van der Waals surface area contributed by atoms with Crippen LogP contribution in [0.15, 0.2) is 48.5 Å². The molecule has 0 aliphatic heterocycles. The summed E-state index contributed by atoms with van der Waals surface area (Å²) in [6, 6.07) is 14.1. The number of halogens is 1. The van der Waals surface area contributed by atoms with E-state index in [1.165, 1.54) is 14.0 Å². The van der Waals surface area contributed by atoms with Crippen molar-refractivity contribution in [3.8, 4) is 11.5 Å². The monoisotopic (exact) mass is 351 g/mol. The van der Waals surface area contributed by atoms with Gasteiger partial charge in [0.15, 0.2) is 11.5 Å². The van der Waals surface area contributed by atoms with Crippen molar-refractivity contribution in [2.45, 2.75) is 25.5 Å². The van der Waals surface area contributed by atoms with Gasteiger partial charge in [-0.3, -0.25) is 4.79 Å². The molecule has 5 nitrogen and oxygen atoms in total. The highest BCUT2D eigenvalue weighted by Crippen LogP contribution is 2.31. The lowest BCUT2D eigenvalue weighted by Crippen LogP contribution is -2.28. The second kappa shape index (κ2) is 9.27. The molecule has 0 aliphatic rings. The van der Waals surface area contributed by atoms with Crippen LogP contribution in [0.4, 0.5) is 0 Å². The van der Waals surface area contributed by atoms with E-state index in [9.17, 15) is 9.90 Å². The van der Waals surface area contributed by atoms with E-state index in [1.807, 2.05) is 30.3 Å². The van der Waals surface area contributed by atoms with Crippen LogP contribution in [-0.4, -0.2) is 24.3 Å². The third kappa shape index (κ3) is 5.23. The molecule has 0 aromatic heterocycles. The Balaban J connectivity index is 0.00000288. The van der Waals surface area contributed by atoms with Crippen LogP contribution in [0.1, 0.15) is 24.1 Å². The Hall–Kier alpha value is -2.08.